The number of nitrogens with zero attached hydrogens (tertiary/aromatic N) is 1. The lowest BCUT2D eigenvalue weighted by Crippen LogP contribution is -2.49. The number of hydrogen-bond acceptors (Lipinski definition) is 3. The van der Waals surface area contributed by atoms with Gasteiger partial charge in [0, 0.05) is 31.6 Å². The SMILES string of the molecule is COc1ccc(-c2ccc(C(=O)N3CCC[C@@H](NC(C)=O)C3)cc2)c(C)c1. The predicted octanol–water partition coefficient (Wildman–Crippen LogP) is 3.41. The number of amides is 2. The highest BCUT2D eigenvalue weighted by molar-refractivity contribution is 5.95. The van der Waals surface area contributed by atoms with Crippen molar-refractivity contribution in [1.29, 1.82) is 0 Å². The number of aryl methyl sites for hydroxylation is 1. The summed E-state index contributed by atoms with van der Waals surface area (Å²) in [7, 11) is 1.66. The van der Waals surface area contributed by atoms with E-state index < -0.39 is 0 Å². The summed E-state index contributed by atoms with van der Waals surface area (Å²) in [5.74, 6) is 0.804. The van der Waals surface area contributed by atoms with Crippen LogP contribution < -0.4 is 10.1 Å². The fraction of sp³-hybridized carbons (Fsp3) is 0.364. The third-order valence-electron chi connectivity index (χ3n) is 4.99. The quantitative estimate of drug-likeness (QED) is 0.902. The highest BCUT2D eigenvalue weighted by Gasteiger charge is 2.24. The van der Waals surface area contributed by atoms with Crippen LogP contribution in [0.15, 0.2) is 42.5 Å². The van der Waals surface area contributed by atoms with E-state index in [4.69, 9.17) is 4.74 Å². The van der Waals surface area contributed by atoms with Gasteiger partial charge >= 0.3 is 0 Å². The molecular formula is C22H26N2O3. The maximum Gasteiger partial charge on any atom is 0.253 e. The number of benzene rings is 2. The van der Waals surface area contributed by atoms with Crippen LogP contribution in [0.1, 0.15) is 35.7 Å². The number of piperidine rings is 1. The van der Waals surface area contributed by atoms with Crippen LogP contribution in [0.3, 0.4) is 0 Å². The first-order valence-electron chi connectivity index (χ1n) is 9.29. The Hall–Kier alpha value is -2.82. The van der Waals surface area contributed by atoms with Gasteiger partial charge in [-0.1, -0.05) is 18.2 Å². The van der Waals surface area contributed by atoms with Gasteiger partial charge in [-0.3, -0.25) is 9.59 Å². The Morgan fingerprint density at radius 2 is 1.89 bits per heavy atom. The Morgan fingerprint density at radius 3 is 2.52 bits per heavy atom. The van der Waals surface area contributed by atoms with Crippen LogP contribution in [-0.2, 0) is 4.79 Å². The molecule has 0 unspecified atom stereocenters. The Bertz CT molecular complexity index is 830. The number of likely N-dealkylation sites (tertiary alicyclic amines) is 1. The number of hydrogen-bond donors (Lipinski definition) is 1. The smallest absolute Gasteiger partial charge is 0.253 e. The molecule has 1 N–H and O–H groups in total. The van der Waals surface area contributed by atoms with Crippen molar-refractivity contribution in [2.75, 3.05) is 20.2 Å². The second-order valence-electron chi connectivity index (χ2n) is 7.05. The predicted molar refractivity (Wildman–Crippen MR) is 106 cm³/mol. The standard InChI is InChI=1S/C22H26N2O3/c1-15-13-20(27-3)10-11-21(15)17-6-8-18(9-7-17)22(26)24-12-4-5-19(14-24)23-16(2)25/h6-11,13,19H,4-5,12,14H2,1-3H3,(H,23,25)/t19-/m1/s1. The minimum atomic E-state index is -0.0477. The molecule has 2 aromatic carbocycles. The van der Waals surface area contributed by atoms with Gasteiger partial charge in [0.1, 0.15) is 5.75 Å². The summed E-state index contributed by atoms with van der Waals surface area (Å²) in [6, 6.07) is 13.7. The molecule has 1 aliphatic rings. The monoisotopic (exact) mass is 366 g/mol. The lowest BCUT2D eigenvalue weighted by molar-refractivity contribution is -0.120. The lowest BCUT2D eigenvalue weighted by Gasteiger charge is -2.33. The first-order chi connectivity index (χ1) is 13.0. The third kappa shape index (κ3) is 4.48. The molecule has 0 saturated carbocycles. The average molecular weight is 366 g/mol. The van der Waals surface area contributed by atoms with Crippen LogP contribution in [0.25, 0.3) is 11.1 Å². The van der Waals surface area contributed by atoms with E-state index in [2.05, 4.69) is 5.32 Å². The van der Waals surface area contributed by atoms with E-state index in [0.29, 0.717) is 12.1 Å². The number of rotatable bonds is 4. The Kier molecular flexibility index (Phi) is 5.79. The maximum absolute atomic E-state index is 12.8. The van der Waals surface area contributed by atoms with E-state index in [1.165, 1.54) is 6.92 Å². The van der Waals surface area contributed by atoms with Crippen LogP contribution in [0.2, 0.25) is 0 Å². The summed E-state index contributed by atoms with van der Waals surface area (Å²) in [5.41, 5.74) is 4.00. The van der Waals surface area contributed by atoms with Gasteiger partial charge in [-0.05, 0) is 60.7 Å². The third-order valence-corrected chi connectivity index (χ3v) is 4.99. The van der Waals surface area contributed by atoms with Crippen LogP contribution in [0, 0.1) is 6.92 Å². The lowest BCUT2D eigenvalue weighted by atomic mass is 9.98. The molecule has 1 heterocycles. The molecular weight excluding hydrogens is 340 g/mol. The maximum atomic E-state index is 12.8. The van der Waals surface area contributed by atoms with E-state index in [-0.39, 0.29) is 17.9 Å². The van der Waals surface area contributed by atoms with Crippen molar-refractivity contribution in [3.63, 3.8) is 0 Å². The van der Waals surface area contributed by atoms with Gasteiger partial charge in [-0.2, -0.15) is 0 Å². The summed E-state index contributed by atoms with van der Waals surface area (Å²) in [6.07, 6.45) is 1.82. The van der Waals surface area contributed by atoms with Gasteiger partial charge in [0.05, 0.1) is 7.11 Å². The number of methoxy groups -OCH3 is 1. The second-order valence-corrected chi connectivity index (χ2v) is 7.05. The minimum absolute atomic E-state index is 0.0167. The topological polar surface area (TPSA) is 58.6 Å². The Labute approximate surface area is 160 Å². The van der Waals surface area contributed by atoms with E-state index in [1.54, 1.807) is 7.11 Å². The Balaban J connectivity index is 1.73. The van der Waals surface area contributed by atoms with Crippen molar-refractivity contribution >= 4 is 11.8 Å². The fourth-order valence-electron chi connectivity index (χ4n) is 3.63. The normalized spacial score (nSPS) is 16.7. The Morgan fingerprint density at radius 1 is 1.15 bits per heavy atom. The summed E-state index contributed by atoms with van der Waals surface area (Å²) >= 11 is 0. The molecule has 142 valence electrons. The van der Waals surface area contributed by atoms with Crippen molar-refractivity contribution in [1.82, 2.24) is 10.2 Å². The molecule has 0 spiro atoms. The molecule has 1 aliphatic heterocycles. The molecule has 3 rings (SSSR count). The molecule has 0 aromatic heterocycles. The number of ether oxygens (including phenoxy) is 1. The number of carbonyl (C=O) groups is 2. The molecule has 0 radical (unpaired) electrons. The van der Waals surface area contributed by atoms with Crippen molar-refractivity contribution < 1.29 is 14.3 Å². The molecule has 1 saturated heterocycles. The minimum Gasteiger partial charge on any atom is -0.497 e. The largest absolute Gasteiger partial charge is 0.497 e. The van der Waals surface area contributed by atoms with Gasteiger partial charge < -0.3 is 15.0 Å². The number of nitrogens with one attached hydrogen (secondary N) is 1. The van der Waals surface area contributed by atoms with E-state index >= 15 is 0 Å². The summed E-state index contributed by atoms with van der Waals surface area (Å²) in [4.78, 5) is 25.9. The van der Waals surface area contributed by atoms with Crippen LogP contribution in [-0.4, -0.2) is 43.0 Å². The summed E-state index contributed by atoms with van der Waals surface area (Å²) < 4.78 is 5.26. The fourth-order valence-corrected chi connectivity index (χ4v) is 3.63. The van der Waals surface area contributed by atoms with Crippen LogP contribution in [0.4, 0.5) is 0 Å². The van der Waals surface area contributed by atoms with Crippen LogP contribution in [0.5, 0.6) is 5.75 Å². The zero-order valence-corrected chi connectivity index (χ0v) is 16.1. The van der Waals surface area contributed by atoms with E-state index in [9.17, 15) is 9.59 Å². The van der Waals surface area contributed by atoms with Gasteiger partial charge in [-0.25, -0.2) is 0 Å². The average Bonchev–Trinajstić information content (AvgIpc) is 2.67. The van der Waals surface area contributed by atoms with E-state index in [1.807, 2.05) is 54.3 Å². The molecule has 5 heteroatoms. The highest BCUT2D eigenvalue weighted by Crippen LogP contribution is 2.27. The molecule has 1 fully saturated rings. The zero-order valence-electron chi connectivity index (χ0n) is 16.1. The van der Waals surface area contributed by atoms with Gasteiger partial charge in [0.2, 0.25) is 5.91 Å². The van der Waals surface area contributed by atoms with Crippen LogP contribution >= 0.6 is 0 Å². The molecule has 5 nitrogen and oxygen atoms in total. The van der Waals surface area contributed by atoms with Crippen molar-refractivity contribution in [2.24, 2.45) is 0 Å². The molecule has 0 aliphatic carbocycles. The highest BCUT2D eigenvalue weighted by atomic mass is 16.5. The molecule has 27 heavy (non-hydrogen) atoms. The van der Waals surface area contributed by atoms with E-state index in [0.717, 1.165) is 41.8 Å². The van der Waals surface area contributed by atoms with Crippen molar-refractivity contribution in [3.8, 4) is 16.9 Å². The zero-order chi connectivity index (χ0) is 19.4. The molecule has 0 bridgehead atoms. The summed E-state index contributed by atoms with van der Waals surface area (Å²) in [6.45, 7) is 4.86. The molecule has 2 amide bonds. The van der Waals surface area contributed by atoms with Gasteiger partial charge in [-0.15, -0.1) is 0 Å². The number of carbonyl (C=O) groups excluding carboxylic acids is 2. The van der Waals surface area contributed by atoms with Gasteiger partial charge in [0.25, 0.3) is 5.91 Å². The molecule has 2 aromatic rings. The second kappa shape index (κ2) is 8.25. The first-order valence-corrected chi connectivity index (χ1v) is 9.29. The van der Waals surface area contributed by atoms with Crippen molar-refractivity contribution in [2.45, 2.75) is 32.7 Å². The first kappa shape index (κ1) is 19.0. The summed E-state index contributed by atoms with van der Waals surface area (Å²) in [5, 5.41) is 2.92. The molecule has 1 atom stereocenters. The van der Waals surface area contributed by atoms with Gasteiger partial charge in [0.15, 0.2) is 0 Å². The van der Waals surface area contributed by atoms with Crippen molar-refractivity contribution in [3.05, 3.63) is 53.6 Å².